The van der Waals surface area contributed by atoms with Gasteiger partial charge in [-0.3, -0.25) is 0 Å². The topological polar surface area (TPSA) is 101 Å². The monoisotopic (exact) mass is 439 g/mol. The summed E-state index contributed by atoms with van der Waals surface area (Å²) in [4.78, 5) is 12.3. The SMILES string of the molecule is CN(C)c1nc(NCc2ccc(S(N)(=O)=O)cc2)c2c(-c3ccccc3)csc2n1. The number of thiophene rings is 1. The van der Waals surface area contributed by atoms with Crippen molar-refractivity contribution in [2.75, 3.05) is 24.3 Å². The molecule has 0 fully saturated rings. The molecule has 9 heteroatoms. The highest BCUT2D eigenvalue weighted by Gasteiger charge is 2.16. The first kappa shape index (κ1) is 20.3. The Hall–Kier alpha value is -3.01. The van der Waals surface area contributed by atoms with E-state index in [2.05, 4.69) is 27.8 Å². The maximum Gasteiger partial charge on any atom is 0.238 e. The zero-order valence-corrected chi connectivity index (χ0v) is 18.2. The van der Waals surface area contributed by atoms with Crippen molar-refractivity contribution in [1.29, 1.82) is 0 Å². The molecule has 3 N–H and O–H groups in total. The lowest BCUT2D eigenvalue weighted by Gasteiger charge is -2.14. The smallest absolute Gasteiger partial charge is 0.238 e. The van der Waals surface area contributed by atoms with Crippen LogP contribution in [0.1, 0.15) is 5.56 Å². The predicted octanol–water partition coefficient (Wildman–Crippen LogP) is 3.68. The van der Waals surface area contributed by atoms with E-state index in [-0.39, 0.29) is 4.90 Å². The van der Waals surface area contributed by atoms with E-state index in [0.717, 1.165) is 32.7 Å². The van der Waals surface area contributed by atoms with Crippen molar-refractivity contribution in [3.8, 4) is 11.1 Å². The van der Waals surface area contributed by atoms with E-state index in [0.29, 0.717) is 12.5 Å². The number of hydrogen-bond acceptors (Lipinski definition) is 7. The van der Waals surface area contributed by atoms with Crippen LogP contribution in [0.5, 0.6) is 0 Å². The van der Waals surface area contributed by atoms with Gasteiger partial charge in [0.2, 0.25) is 16.0 Å². The third-order valence-corrected chi connectivity index (χ3v) is 6.42. The molecular weight excluding hydrogens is 418 g/mol. The molecular formula is C21H21N5O2S2. The van der Waals surface area contributed by atoms with Crippen LogP contribution in [0.15, 0.2) is 64.9 Å². The minimum atomic E-state index is -3.70. The predicted molar refractivity (Wildman–Crippen MR) is 122 cm³/mol. The third kappa shape index (κ3) is 4.13. The van der Waals surface area contributed by atoms with Crippen molar-refractivity contribution >= 4 is 43.3 Å². The van der Waals surface area contributed by atoms with Crippen LogP contribution in [-0.2, 0) is 16.6 Å². The highest BCUT2D eigenvalue weighted by Crippen LogP contribution is 2.37. The van der Waals surface area contributed by atoms with E-state index in [4.69, 9.17) is 10.1 Å². The number of benzene rings is 2. The minimum absolute atomic E-state index is 0.0924. The van der Waals surface area contributed by atoms with Crippen LogP contribution < -0.4 is 15.4 Å². The summed E-state index contributed by atoms with van der Waals surface area (Å²) in [6.07, 6.45) is 0. The summed E-state index contributed by atoms with van der Waals surface area (Å²) in [6, 6.07) is 16.6. The Morgan fingerprint density at radius 3 is 2.37 bits per heavy atom. The first-order valence-electron chi connectivity index (χ1n) is 9.20. The molecule has 4 rings (SSSR count). The summed E-state index contributed by atoms with van der Waals surface area (Å²) in [5, 5.41) is 11.6. The van der Waals surface area contributed by atoms with Gasteiger partial charge in [0.1, 0.15) is 10.6 Å². The zero-order valence-electron chi connectivity index (χ0n) is 16.5. The van der Waals surface area contributed by atoms with Gasteiger partial charge in [-0.25, -0.2) is 18.5 Å². The standard InChI is InChI=1S/C21H21N5O2S2/c1-26(2)21-24-19(23-12-14-8-10-16(11-9-14)30(22,27)28)18-17(13-29-20(18)25-21)15-6-4-3-5-7-15/h3-11,13H,12H2,1-2H3,(H2,22,27,28)(H,23,24,25). The summed E-state index contributed by atoms with van der Waals surface area (Å²) in [5.74, 6) is 1.36. The second-order valence-corrected chi connectivity index (χ2v) is 9.42. The Labute approximate surface area is 179 Å². The number of anilines is 2. The van der Waals surface area contributed by atoms with Crippen LogP contribution in [0.4, 0.5) is 11.8 Å². The Kier molecular flexibility index (Phi) is 5.42. The van der Waals surface area contributed by atoms with Gasteiger partial charge >= 0.3 is 0 Å². The van der Waals surface area contributed by atoms with Gasteiger partial charge in [0, 0.05) is 31.6 Å². The van der Waals surface area contributed by atoms with Crippen molar-refractivity contribution in [2.45, 2.75) is 11.4 Å². The van der Waals surface area contributed by atoms with E-state index in [1.165, 1.54) is 12.1 Å². The Morgan fingerprint density at radius 2 is 1.73 bits per heavy atom. The maximum atomic E-state index is 11.5. The van der Waals surface area contributed by atoms with E-state index in [1.807, 2.05) is 37.2 Å². The van der Waals surface area contributed by atoms with Crippen molar-refractivity contribution in [3.05, 3.63) is 65.5 Å². The van der Waals surface area contributed by atoms with Gasteiger partial charge in [-0.05, 0) is 23.3 Å². The second kappa shape index (κ2) is 8.02. The summed E-state index contributed by atoms with van der Waals surface area (Å²) in [7, 11) is 0.106. The molecule has 0 aliphatic heterocycles. The lowest BCUT2D eigenvalue weighted by molar-refractivity contribution is 0.598. The molecule has 2 aromatic carbocycles. The fraction of sp³-hybridized carbons (Fsp3) is 0.143. The van der Waals surface area contributed by atoms with E-state index < -0.39 is 10.0 Å². The molecule has 0 aliphatic carbocycles. The largest absolute Gasteiger partial charge is 0.365 e. The Balaban J connectivity index is 1.72. The molecule has 0 unspecified atom stereocenters. The number of rotatable bonds is 6. The van der Waals surface area contributed by atoms with Gasteiger partial charge in [-0.2, -0.15) is 4.98 Å². The summed E-state index contributed by atoms with van der Waals surface area (Å²) >= 11 is 1.58. The fourth-order valence-electron chi connectivity index (χ4n) is 3.07. The Morgan fingerprint density at radius 1 is 1.03 bits per heavy atom. The molecule has 0 saturated carbocycles. The summed E-state index contributed by atoms with van der Waals surface area (Å²) in [5.41, 5.74) is 3.09. The molecule has 0 bridgehead atoms. The van der Waals surface area contributed by atoms with E-state index in [1.54, 1.807) is 23.5 Å². The first-order chi connectivity index (χ1) is 14.3. The molecule has 0 aliphatic rings. The second-order valence-electron chi connectivity index (χ2n) is 7.00. The summed E-state index contributed by atoms with van der Waals surface area (Å²) < 4.78 is 22.9. The first-order valence-corrected chi connectivity index (χ1v) is 11.6. The van der Waals surface area contributed by atoms with Gasteiger partial charge in [0.25, 0.3) is 0 Å². The van der Waals surface area contributed by atoms with Crippen LogP contribution in [0.3, 0.4) is 0 Å². The van der Waals surface area contributed by atoms with Crippen LogP contribution >= 0.6 is 11.3 Å². The van der Waals surface area contributed by atoms with Gasteiger partial charge in [-0.1, -0.05) is 42.5 Å². The molecule has 154 valence electrons. The number of hydrogen-bond donors (Lipinski definition) is 2. The fourth-order valence-corrected chi connectivity index (χ4v) is 4.53. The molecule has 0 saturated heterocycles. The van der Waals surface area contributed by atoms with E-state index in [9.17, 15) is 8.42 Å². The normalized spacial score (nSPS) is 11.6. The molecule has 4 aromatic rings. The quantitative estimate of drug-likeness (QED) is 0.475. The summed E-state index contributed by atoms with van der Waals surface area (Å²) in [6.45, 7) is 0.480. The number of fused-ring (bicyclic) bond motifs is 1. The van der Waals surface area contributed by atoms with Crippen LogP contribution in [0.25, 0.3) is 21.3 Å². The van der Waals surface area contributed by atoms with Gasteiger partial charge in [-0.15, -0.1) is 11.3 Å². The number of primary sulfonamides is 1. The molecule has 2 heterocycles. The highest BCUT2D eigenvalue weighted by atomic mass is 32.2. The zero-order chi connectivity index (χ0) is 21.3. The van der Waals surface area contributed by atoms with Crippen molar-refractivity contribution in [1.82, 2.24) is 9.97 Å². The lowest BCUT2D eigenvalue weighted by atomic mass is 10.1. The van der Waals surface area contributed by atoms with Crippen molar-refractivity contribution in [2.24, 2.45) is 5.14 Å². The molecule has 7 nitrogen and oxygen atoms in total. The minimum Gasteiger partial charge on any atom is -0.365 e. The van der Waals surface area contributed by atoms with Gasteiger partial charge in [0.15, 0.2) is 0 Å². The van der Waals surface area contributed by atoms with E-state index >= 15 is 0 Å². The van der Waals surface area contributed by atoms with Crippen LogP contribution in [-0.4, -0.2) is 32.5 Å². The number of nitrogens with one attached hydrogen (secondary N) is 1. The van der Waals surface area contributed by atoms with Gasteiger partial charge in [0.05, 0.1) is 10.3 Å². The number of sulfonamides is 1. The Bertz CT molecular complexity index is 1280. The molecule has 0 amide bonds. The van der Waals surface area contributed by atoms with Crippen LogP contribution in [0, 0.1) is 0 Å². The van der Waals surface area contributed by atoms with Crippen LogP contribution in [0.2, 0.25) is 0 Å². The van der Waals surface area contributed by atoms with Crippen molar-refractivity contribution in [3.63, 3.8) is 0 Å². The van der Waals surface area contributed by atoms with Crippen molar-refractivity contribution < 1.29 is 8.42 Å². The van der Waals surface area contributed by atoms with Gasteiger partial charge < -0.3 is 10.2 Å². The number of nitrogens with zero attached hydrogens (tertiary/aromatic N) is 3. The molecule has 0 spiro atoms. The number of nitrogens with two attached hydrogens (primary N) is 1. The molecule has 30 heavy (non-hydrogen) atoms. The molecule has 0 radical (unpaired) electrons. The lowest BCUT2D eigenvalue weighted by Crippen LogP contribution is -2.14. The average molecular weight is 440 g/mol. The molecule has 2 aromatic heterocycles. The number of aromatic nitrogens is 2. The maximum absolute atomic E-state index is 11.5. The third-order valence-electron chi connectivity index (χ3n) is 4.62. The highest BCUT2D eigenvalue weighted by molar-refractivity contribution is 7.89. The molecule has 0 atom stereocenters. The average Bonchev–Trinajstić information content (AvgIpc) is 3.16.